The topological polar surface area (TPSA) is 59.2 Å². The minimum absolute atomic E-state index is 0.0562. The number of aryl methyl sites for hydroxylation is 3. The molecule has 0 bridgehead atoms. The van der Waals surface area contributed by atoms with Crippen LogP contribution in [-0.4, -0.2) is 28.0 Å². The lowest BCUT2D eigenvalue weighted by molar-refractivity contribution is -0.130. The maximum absolute atomic E-state index is 12.3. The van der Waals surface area contributed by atoms with Gasteiger partial charge in [0.05, 0.1) is 6.54 Å². The molecule has 1 aromatic heterocycles. The highest BCUT2D eigenvalue weighted by atomic mass is 16.5. The van der Waals surface area contributed by atoms with Crippen molar-refractivity contribution in [3.05, 3.63) is 71.1 Å². The molecule has 0 fully saturated rings. The van der Waals surface area contributed by atoms with Gasteiger partial charge in [-0.3, -0.25) is 4.79 Å². The van der Waals surface area contributed by atoms with Gasteiger partial charge in [0.2, 0.25) is 17.6 Å². The summed E-state index contributed by atoms with van der Waals surface area (Å²) in [6.45, 7) is 4.40. The minimum atomic E-state index is 0.0562. The van der Waals surface area contributed by atoms with E-state index in [1.807, 2.05) is 31.2 Å². The number of carbonyl (C=O) groups excluding carboxylic acids is 1. The van der Waals surface area contributed by atoms with Gasteiger partial charge in [-0.05, 0) is 25.8 Å². The van der Waals surface area contributed by atoms with Crippen molar-refractivity contribution in [2.24, 2.45) is 0 Å². The highest BCUT2D eigenvalue weighted by Crippen LogP contribution is 2.17. The van der Waals surface area contributed by atoms with Crippen molar-refractivity contribution >= 4 is 5.91 Å². The van der Waals surface area contributed by atoms with Crippen molar-refractivity contribution in [1.29, 1.82) is 0 Å². The van der Waals surface area contributed by atoms with Crippen LogP contribution in [0.1, 0.15) is 29.0 Å². The molecule has 0 saturated carbocycles. The van der Waals surface area contributed by atoms with Crippen molar-refractivity contribution in [2.45, 2.75) is 33.2 Å². The van der Waals surface area contributed by atoms with Crippen molar-refractivity contribution < 1.29 is 9.32 Å². The van der Waals surface area contributed by atoms with Crippen LogP contribution in [-0.2, 0) is 17.8 Å². The van der Waals surface area contributed by atoms with Crippen molar-refractivity contribution in [3.8, 4) is 11.4 Å². The largest absolute Gasteiger partial charge is 0.337 e. The van der Waals surface area contributed by atoms with E-state index in [0.29, 0.717) is 24.7 Å². The summed E-state index contributed by atoms with van der Waals surface area (Å²) in [5.74, 6) is 1.04. The summed E-state index contributed by atoms with van der Waals surface area (Å²) in [4.78, 5) is 18.4. The molecule has 5 nitrogen and oxygen atoms in total. The van der Waals surface area contributed by atoms with E-state index < -0.39 is 0 Å². The molecule has 0 spiro atoms. The SMILES string of the molecule is Cc1ccc(CCC(=O)N(C)Cc2nc(-c3ccc(C)cc3)no2)cc1. The van der Waals surface area contributed by atoms with Crippen molar-refractivity contribution in [2.75, 3.05) is 7.05 Å². The fourth-order valence-electron chi connectivity index (χ4n) is 2.63. The quantitative estimate of drug-likeness (QED) is 0.676. The number of rotatable bonds is 6. The first-order chi connectivity index (χ1) is 12.5. The Morgan fingerprint density at radius 2 is 1.62 bits per heavy atom. The van der Waals surface area contributed by atoms with Gasteiger partial charge in [0.15, 0.2) is 0 Å². The van der Waals surface area contributed by atoms with Crippen LogP contribution in [0, 0.1) is 13.8 Å². The number of nitrogens with zero attached hydrogens (tertiary/aromatic N) is 3. The first-order valence-corrected chi connectivity index (χ1v) is 8.70. The molecule has 2 aromatic carbocycles. The molecule has 1 amide bonds. The summed E-state index contributed by atoms with van der Waals surface area (Å²) in [6.07, 6.45) is 1.18. The van der Waals surface area contributed by atoms with Gasteiger partial charge in [-0.2, -0.15) is 4.98 Å². The van der Waals surface area contributed by atoms with Gasteiger partial charge in [0.1, 0.15) is 0 Å². The molecule has 0 aliphatic heterocycles. The molecule has 0 atom stereocenters. The van der Waals surface area contributed by atoms with E-state index in [0.717, 1.165) is 17.5 Å². The molecule has 0 aliphatic rings. The molecule has 134 valence electrons. The monoisotopic (exact) mass is 349 g/mol. The van der Waals surface area contributed by atoms with E-state index in [4.69, 9.17) is 4.52 Å². The molecule has 5 heteroatoms. The molecular formula is C21H23N3O2. The van der Waals surface area contributed by atoms with E-state index in [-0.39, 0.29) is 5.91 Å². The minimum Gasteiger partial charge on any atom is -0.337 e. The van der Waals surface area contributed by atoms with Crippen LogP contribution >= 0.6 is 0 Å². The third kappa shape index (κ3) is 4.57. The fourth-order valence-corrected chi connectivity index (χ4v) is 2.63. The molecule has 1 heterocycles. The van der Waals surface area contributed by atoms with Gasteiger partial charge in [-0.25, -0.2) is 0 Å². The highest BCUT2D eigenvalue weighted by molar-refractivity contribution is 5.76. The zero-order chi connectivity index (χ0) is 18.5. The van der Waals surface area contributed by atoms with Gasteiger partial charge in [-0.1, -0.05) is 64.8 Å². The van der Waals surface area contributed by atoms with Crippen LogP contribution in [0.3, 0.4) is 0 Å². The van der Waals surface area contributed by atoms with Crippen LogP contribution in [0.15, 0.2) is 53.1 Å². The Labute approximate surface area is 153 Å². The predicted octanol–water partition coefficient (Wildman–Crippen LogP) is 3.94. The lowest BCUT2D eigenvalue weighted by Gasteiger charge is -2.14. The van der Waals surface area contributed by atoms with E-state index >= 15 is 0 Å². The smallest absolute Gasteiger partial charge is 0.246 e. The van der Waals surface area contributed by atoms with Crippen molar-refractivity contribution in [1.82, 2.24) is 15.0 Å². The third-order valence-electron chi connectivity index (χ3n) is 4.32. The zero-order valence-electron chi connectivity index (χ0n) is 15.4. The summed E-state index contributed by atoms with van der Waals surface area (Å²) in [6, 6.07) is 16.2. The van der Waals surface area contributed by atoms with E-state index in [1.165, 1.54) is 11.1 Å². The number of carbonyl (C=O) groups is 1. The molecule has 3 rings (SSSR count). The number of hydrogen-bond donors (Lipinski definition) is 0. The zero-order valence-corrected chi connectivity index (χ0v) is 15.4. The molecule has 0 N–H and O–H groups in total. The second-order valence-corrected chi connectivity index (χ2v) is 6.61. The van der Waals surface area contributed by atoms with Gasteiger partial charge in [-0.15, -0.1) is 0 Å². The van der Waals surface area contributed by atoms with Gasteiger partial charge < -0.3 is 9.42 Å². The van der Waals surface area contributed by atoms with Crippen LogP contribution < -0.4 is 0 Å². The third-order valence-corrected chi connectivity index (χ3v) is 4.32. The van der Waals surface area contributed by atoms with Crippen LogP contribution in [0.25, 0.3) is 11.4 Å². The predicted molar refractivity (Wildman–Crippen MR) is 100 cm³/mol. The number of amides is 1. The van der Waals surface area contributed by atoms with Gasteiger partial charge in [0.25, 0.3) is 0 Å². The van der Waals surface area contributed by atoms with Crippen LogP contribution in [0.4, 0.5) is 0 Å². The first kappa shape index (κ1) is 17.9. The Hall–Kier alpha value is -2.95. The van der Waals surface area contributed by atoms with E-state index in [9.17, 15) is 4.79 Å². The van der Waals surface area contributed by atoms with Crippen molar-refractivity contribution in [3.63, 3.8) is 0 Å². The summed E-state index contributed by atoms with van der Waals surface area (Å²) >= 11 is 0. The summed E-state index contributed by atoms with van der Waals surface area (Å²) in [5, 5.41) is 4.01. The molecule has 0 saturated heterocycles. The molecule has 0 aliphatic carbocycles. The standard InChI is InChI=1S/C21H23N3O2/c1-15-4-8-17(9-5-15)10-13-20(25)24(3)14-19-22-21(23-26-19)18-11-6-16(2)7-12-18/h4-9,11-12H,10,13-14H2,1-3H3. The highest BCUT2D eigenvalue weighted by Gasteiger charge is 2.14. The Balaban J connectivity index is 1.55. The summed E-state index contributed by atoms with van der Waals surface area (Å²) in [7, 11) is 1.76. The molecule has 26 heavy (non-hydrogen) atoms. The Morgan fingerprint density at radius 1 is 1.00 bits per heavy atom. The maximum atomic E-state index is 12.3. The second-order valence-electron chi connectivity index (χ2n) is 6.61. The van der Waals surface area contributed by atoms with E-state index in [1.54, 1.807) is 11.9 Å². The van der Waals surface area contributed by atoms with Crippen LogP contribution in [0.5, 0.6) is 0 Å². The van der Waals surface area contributed by atoms with E-state index in [2.05, 4.69) is 41.3 Å². The molecule has 0 radical (unpaired) electrons. The number of hydrogen-bond acceptors (Lipinski definition) is 4. The molecule has 3 aromatic rings. The molecular weight excluding hydrogens is 326 g/mol. The Kier molecular flexibility index (Phi) is 5.46. The lowest BCUT2D eigenvalue weighted by atomic mass is 10.1. The second kappa shape index (κ2) is 7.95. The average Bonchev–Trinajstić information content (AvgIpc) is 3.10. The molecule has 0 unspecified atom stereocenters. The average molecular weight is 349 g/mol. The summed E-state index contributed by atoms with van der Waals surface area (Å²) < 4.78 is 5.29. The van der Waals surface area contributed by atoms with Crippen LogP contribution in [0.2, 0.25) is 0 Å². The summed E-state index contributed by atoms with van der Waals surface area (Å²) in [5.41, 5.74) is 4.46. The first-order valence-electron chi connectivity index (χ1n) is 8.70. The number of benzene rings is 2. The normalized spacial score (nSPS) is 10.7. The van der Waals surface area contributed by atoms with Gasteiger partial charge >= 0.3 is 0 Å². The Bertz CT molecular complexity index is 867. The maximum Gasteiger partial charge on any atom is 0.246 e. The number of aromatic nitrogens is 2. The fraction of sp³-hybridized carbons (Fsp3) is 0.286. The van der Waals surface area contributed by atoms with Gasteiger partial charge in [0, 0.05) is 19.0 Å². The Morgan fingerprint density at radius 3 is 2.27 bits per heavy atom. The lowest BCUT2D eigenvalue weighted by Crippen LogP contribution is -2.26.